The standard InChI is InChI=1S/C35H38N4O9S/c1-24(26-9-7-6-8-10-26)37-35(41)23-48-27-13-11-25(12-14-27)21-36-38-34(40)22-39(30-19-28(44-2)15-17-31(30)45-3)49(42,43)29-16-18-32(46-4)33(20-29)47-5/h6-21,24H,22-23H2,1-5H3,(H,37,41)(H,38,40)/b36-21-/t24-/m1/s1. The second-order valence-electron chi connectivity index (χ2n) is 10.4. The molecule has 4 rings (SSSR count). The summed E-state index contributed by atoms with van der Waals surface area (Å²) in [6, 6.07) is 24.8. The van der Waals surface area contributed by atoms with E-state index >= 15 is 0 Å². The Labute approximate surface area is 285 Å². The van der Waals surface area contributed by atoms with Crippen LogP contribution in [0.25, 0.3) is 0 Å². The maximum Gasteiger partial charge on any atom is 0.265 e. The third-order valence-electron chi connectivity index (χ3n) is 7.21. The average Bonchev–Trinajstić information content (AvgIpc) is 3.13. The molecule has 0 aliphatic heterocycles. The van der Waals surface area contributed by atoms with Crippen LogP contribution in [0, 0.1) is 0 Å². The molecular weight excluding hydrogens is 652 g/mol. The van der Waals surface area contributed by atoms with E-state index in [1.807, 2.05) is 37.3 Å². The van der Waals surface area contributed by atoms with Crippen LogP contribution in [0.3, 0.4) is 0 Å². The zero-order chi connectivity index (χ0) is 35.4. The zero-order valence-corrected chi connectivity index (χ0v) is 28.5. The Morgan fingerprint density at radius 3 is 2.08 bits per heavy atom. The van der Waals surface area contributed by atoms with Gasteiger partial charge in [0.15, 0.2) is 18.1 Å². The van der Waals surface area contributed by atoms with E-state index in [4.69, 9.17) is 23.7 Å². The molecule has 0 radical (unpaired) electrons. The van der Waals surface area contributed by atoms with E-state index in [0.717, 1.165) is 9.87 Å². The Morgan fingerprint density at radius 2 is 1.43 bits per heavy atom. The first-order chi connectivity index (χ1) is 23.6. The Hall–Kier alpha value is -5.76. The van der Waals surface area contributed by atoms with Crippen molar-refractivity contribution in [2.75, 3.05) is 45.9 Å². The number of nitrogens with zero attached hydrogens (tertiary/aromatic N) is 2. The largest absolute Gasteiger partial charge is 0.497 e. The fraction of sp³-hybridized carbons (Fsp3) is 0.229. The maximum absolute atomic E-state index is 14.0. The van der Waals surface area contributed by atoms with Crippen molar-refractivity contribution in [1.82, 2.24) is 10.7 Å². The van der Waals surface area contributed by atoms with Gasteiger partial charge in [-0.3, -0.25) is 13.9 Å². The van der Waals surface area contributed by atoms with Crippen LogP contribution in [0.5, 0.6) is 28.7 Å². The van der Waals surface area contributed by atoms with Gasteiger partial charge in [0.05, 0.1) is 51.3 Å². The summed E-state index contributed by atoms with van der Waals surface area (Å²) >= 11 is 0. The minimum atomic E-state index is -4.37. The molecule has 1 atom stereocenters. The highest BCUT2D eigenvalue weighted by Crippen LogP contribution is 2.37. The lowest BCUT2D eigenvalue weighted by Gasteiger charge is -2.26. The number of hydrazone groups is 1. The first kappa shape index (κ1) is 36.1. The summed E-state index contributed by atoms with van der Waals surface area (Å²) < 4.78 is 55.8. The third kappa shape index (κ3) is 9.41. The molecule has 0 heterocycles. The average molecular weight is 691 g/mol. The van der Waals surface area contributed by atoms with Gasteiger partial charge in [-0.25, -0.2) is 13.8 Å². The summed E-state index contributed by atoms with van der Waals surface area (Å²) in [5.41, 5.74) is 4.03. The molecule has 0 fully saturated rings. The van der Waals surface area contributed by atoms with E-state index in [9.17, 15) is 18.0 Å². The van der Waals surface area contributed by atoms with Gasteiger partial charge in [0.25, 0.3) is 21.8 Å². The Balaban J connectivity index is 1.44. The molecule has 0 aromatic heterocycles. The first-order valence-corrected chi connectivity index (χ1v) is 16.4. The van der Waals surface area contributed by atoms with Gasteiger partial charge in [0, 0.05) is 12.1 Å². The first-order valence-electron chi connectivity index (χ1n) is 15.0. The molecule has 13 nitrogen and oxygen atoms in total. The lowest BCUT2D eigenvalue weighted by Crippen LogP contribution is -2.39. The van der Waals surface area contributed by atoms with Crippen LogP contribution in [-0.2, 0) is 19.6 Å². The topological polar surface area (TPSA) is 154 Å². The summed E-state index contributed by atoms with van der Waals surface area (Å²) in [4.78, 5) is 25.3. The van der Waals surface area contributed by atoms with Gasteiger partial charge >= 0.3 is 0 Å². The number of nitrogens with one attached hydrogen (secondary N) is 2. The van der Waals surface area contributed by atoms with Gasteiger partial charge in [-0.2, -0.15) is 5.10 Å². The zero-order valence-electron chi connectivity index (χ0n) is 27.7. The third-order valence-corrected chi connectivity index (χ3v) is 8.97. The smallest absolute Gasteiger partial charge is 0.265 e. The van der Waals surface area contributed by atoms with Crippen LogP contribution < -0.4 is 38.7 Å². The van der Waals surface area contributed by atoms with Crippen LogP contribution in [0.15, 0.2) is 101 Å². The molecule has 0 aliphatic rings. The molecule has 0 aliphatic carbocycles. The predicted molar refractivity (Wildman–Crippen MR) is 184 cm³/mol. The maximum atomic E-state index is 14.0. The van der Waals surface area contributed by atoms with Crippen molar-refractivity contribution >= 4 is 33.7 Å². The van der Waals surface area contributed by atoms with E-state index in [-0.39, 0.29) is 40.6 Å². The highest BCUT2D eigenvalue weighted by molar-refractivity contribution is 7.92. The van der Waals surface area contributed by atoms with E-state index in [2.05, 4.69) is 15.8 Å². The number of amides is 2. The molecule has 49 heavy (non-hydrogen) atoms. The van der Waals surface area contributed by atoms with E-state index in [0.29, 0.717) is 22.8 Å². The van der Waals surface area contributed by atoms with Crippen molar-refractivity contribution < 1.29 is 41.7 Å². The molecule has 2 N–H and O–H groups in total. The molecule has 4 aromatic rings. The number of benzene rings is 4. The molecule has 258 valence electrons. The van der Waals surface area contributed by atoms with Crippen molar-refractivity contribution in [2.24, 2.45) is 5.10 Å². The quantitative estimate of drug-likeness (QED) is 0.129. The van der Waals surface area contributed by atoms with Gasteiger partial charge in [-0.15, -0.1) is 0 Å². The Morgan fingerprint density at radius 1 is 0.776 bits per heavy atom. The van der Waals surface area contributed by atoms with Gasteiger partial charge in [0.2, 0.25) is 0 Å². The Bertz CT molecular complexity index is 1870. The van der Waals surface area contributed by atoms with Crippen molar-refractivity contribution in [2.45, 2.75) is 17.9 Å². The molecular formula is C35H38N4O9S. The van der Waals surface area contributed by atoms with Crippen LogP contribution in [0.2, 0.25) is 0 Å². The number of sulfonamides is 1. The summed E-state index contributed by atoms with van der Waals surface area (Å²) in [6.07, 6.45) is 1.38. The summed E-state index contributed by atoms with van der Waals surface area (Å²) in [5, 5.41) is 6.88. The molecule has 0 spiro atoms. The summed E-state index contributed by atoms with van der Waals surface area (Å²) in [7, 11) is 1.26. The molecule has 0 unspecified atom stereocenters. The predicted octanol–water partition coefficient (Wildman–Crippen LogP) is 4.32. The summed E-state index contributed by atoms with van der Waals surface area (Å²) in [5.74, 6) is 0.514. The number of hydrogen-bond acceptors (Lipinski definition) is 10. The van der Waals surface area contributed by atoms with E-state index in [1.54, 1.807) is 30.3 Å². The van der Waals surface area contributed by atoms with Gasteiger partial charge in [0.1, 0.15) is 23.8 Å². The van der Waals surface area contributed by atoms with Crippen LogP contribution >= 0.6 is 0 Å². The monoisotopic (exact) mass is 690 g/mol. The SMILES string of the molecule is COc1ccc(OC)c(N(CC(=O)N/N=C\c2ccc(OCC(=O)N[C@H](C)c3ccccc3)cc2)S(=O)(=O)c2ccc(OC)c(OC)c2)c1. The van der Waals surface area contributed by atoms with Crippen molar-refractivity contribution in [3.63, 3.8) is 0 Å². The van der Waals surface area contributed by atoms with Crippen LogP contribution in [0.1, 0.15) is 24.1 Å². The minimum absolute atomic E-state index is 0.0644. The van der Waals surface area contributed by atoms with Crippen molar-refractivity contribution in [3.05, 3.63) is 102 Å². The lowest BCUT2D eigenvalue weighted by atomic mass is 10.1. The highest BCUT2D eigenvalue weighted by atomic mass is 32.2. The fourth-order valence-corrected chi connectivity index (χ4v) is 6.09. The minimum Gasteiger partial charge on any atom is -0.497 e. The normalized spacial score (nSPS) is 11.7. The number of carbonyl (C=O) groups is 2. The van der Waals surface area contributed by atoms with Gasteiger partial charge < -0.3 is 29.0 Å². The van der Waals surface area contributed by atoms with Crippen molar-refractivity contribution in [1.29, 1.82) is 0 Å². The molecule has 14 heteroatoms. The van der Waals surface area contributed by atoms with E-state index < -0.39 is 22.5 Å². The second kappa shape index (κ2) is 16.9. The molecule has 4 aromatic carbocycles. The van der Waals surface area contributed by atoms with Crippen LogP contribution in [0.4, 0.5) is 5.69 Å². The molecule has 0 saturated heterocycles. The number of carbonyl (C=O) groups excluding carboxylic acids is 2. The Kier molecular flexibility index (Phi) is 12.4. The summed E-state index contributed by atoms with van der Waals surface area (Å²) in [6.45, 7) is 1.07. The van der Waals surface area contributed by atoms with E-state index in [1.165, 1.54) is 65.0 Å². The number of ether oxygens (including phenoxy) is 5. The molecule has 0 bridgehead atoms. The second-order valence-corrected chi connectivity index (χ2v) is 12.3. The molecule has 2 amide bonds. The van der Waals surface area contributed by atoms with Crippen molar-refractivity contribution in [3.8, 4) is 28.7 Å². The molecule has 0 saturated carbocycles. The lowest BCUT2D eigenvalue weighted by molar-refractivity contribution is -0.123. The number of hydrogen-bond donors (Lipinski definition) is 2. The fourth-order valence-electron chi connectivity index (χ4n) is 4.65. The van der Waals surface area contributed by atoms with Gasteiger partial charge in [-0.1, -0.05) is 30.3 Å². The van der Waals surface area contributed by atoms with Crippen LogP contribution in [-0.4, -0.2) is 68.0 Å². The highest BCUT2D eigenvalue weighted by Gasteiger charge is 2.31. The number of methoxy groups -OCH3 is 4. The number of anilines is 1. The van der Waals surface area contributed by atoms with Gasteiger partial charge in [-0.05, 0) is 66.6 Å². The number of rotatable bonds is 16.